The molecule has 4 heteroatoms. The fourth-order valence-electron chi connectivity index (χ4n) is 3.35. The van der Waals surface area contributed by atoms with Crippen molar-refractivity contribution in [2.24, 2.45) is 5.14 Å². The first-order chi connectivity index (χ1) is 12.6. The molecule has 0 spiro atoms. The third kappa shape index (κ3) is 16.6. The smallest absolute Gasteiger partial charge is 0.198 e. The Bertz CT molecular complexity index is 466. The molecule has 152 valence electrons. The predicted octanol–water partition coefficient (Wildman–Crippen LogP) is 6.35. The van der Waals surface area contributed by atoms with Crippen LogP contribution in [0.4, 0.5) is 0 Å². The second kappa shape index (κ2) is 18.9. The van der Waals surface area contributed by atoms with Gasteiger partial charge in [0.2, 0.25) is 0 Å². The van der Waals surface area contributed by atoms with Gasteiger partial charge in [-0.05, 0) is 24.3 Å². The summed E-state index contributed by atoms with van der Waals surface area (Å²) >= 11 is 0. The first kappa shape index (κ1) is 25.1. The summed E-state index contributed by atoms with van der Waals surface area (Å²) < 4.78 is 17.6. The Morgan fingerprint density at radius 1 is 0.731 bits per heavy atom. The fourth-order valence-corrected chi connectivity index (χ4v) is 3.35. The second-order valence-corrected chi connectivity index (χ2v) is 7.72. The highest BCUT2D eigenvalue weighted by Crippen LogP contribution is 2.28. The standard InChI is InChI=1S/C22H38.H3NO2S/c1-3-5-7-8-9-10-11-12-14-18-21(17-6-4-2)22-19-15-13-16-20-22;1-4(2)3/h13,15-16,19-21H,3-12,14,17-18H2,1-2H3;4H,(H2,1,2,3). The van der Waals surface area contributed by atoms with E-state index in [1.807, 2.05) is 0 Å². The molecule has 0 heterocycles. The largest absolute Gasteiger partial charge is 0.231 e. The van der Waals surface area contributed by atoms with Crippen LogP contribution in [-0.4, -0.2) is 8.42 Å². The summed E-state index contributed by atoms with van der Waals surface area (Å²) in [6, 6.07) is 11.2. The highest BCUT2D eigenvalue weighted by Gasteiger charge is 2.10. The van der Waals surface area contributed by atoms with Crippen LogP contribution in [0.2, 0.25) is 0 Å². The number of hydrogen-bond acceptors (Lipinski definition) is 2. The van der Waals surface area contributed by atoms with Gasteiger partial charge in [0.1, 0.15) is 0 Å². The minimum Gasteiger partial charge on any atom is -0.231 e. The molecule has 0 aliphatic carbocycles. The van der Waals surface area contributed by atoms with Crippen LogP contribution in [0.25, 0.3) is 0 Å². The van der Waals surface area contributed by atoms with Crippen molar-refractivity contribution in [1.29, 1.82) is 0 Å². The van der Waals surface area contributed by atoms with Crippen LogP contribution < -0.4 is 5.14 Å². The molecular formula is C22H41NO2S. The summed E-state index contributed by atoms with van der Waals surface area (Å²) in [4.78, 5) is 0. The Labute approximate surface area is 163 Å². The third-order valence-corrected chi connectivity index (χ3v) is 4.83. The van der Waals surface area contributed by atoms with Crippen molar-refractivity contribution in [3.05, 3.63) is 35.9 Å². The Morgan fingerprint density at radius 3 is 1.65 bits per heavy atom. The summed E-state index contributed by atoms with van der Waals surface area (Å²) in [6.45, 7) is 4.60. The summed E-state index contributed by atoms with van der Waals surface area (Å²) in [5, 5.41) is 4.06. The van der Waals surface area contributed by atoms with Crippen molar-refractivity contribution in [2.45, 2.75) is 103 Å². The van der Waals surface area contributed by atoms with E-state index in [-0.39, 0.29) is 0 Å². The number of hydrogen-bond donors (Lipinski definition) is 2. The van der Waals surface area contributed by atoms with Crippen molar-refractivity contribution < 1.29 is 8.42 Å². The molecule has 0 aliphatic rings. The van der Waals surface area contributed by atoms with Crippen molar-refractivity contribution in [1.82, 2.24) is 0 Å². The quantitative estimate of drug-likeness (QED) is 0.290. The van der Waals surface area contributed by atoms with E-state index in [2.05, 4.69) is 49.3 Å². The van der Waals surface area contributed by atoms with Gasteiger partial charge in [-0.1, -0.05) is 115 Å². The minimum atomic E-state index is -2.62. The molecule has 1 aromatic rings. The molecular weight excluding hydrogens is 342 g/mol. The molecule has 1 unspecified atom stereocenters. The van der Waals surface area contributed by atoms with E-state index < -0.39 is 10.9 Å². The van der Waals surface area contributed by atoms with E-state index in [1.54, 1.807) is 5.56 Å². The van der Waals surface area contributed by atoms with Crippen LogP contribution in [-0.2, 0) is 10.9 Å². The van der Waals surface area contributed by atoms with Gasteiger partial charge in [0.05, 0.1) is 0 Å². The second-order valence-electron chi connectivity index (χ2n) is 7.15. The van der Waals surface area contributed by atoms with Crippen molar-refractivity contribution >= 4 is 10.9 Å². The molecule has 2 N–H and O–H groups in total. The normalized spacial score (nSPS) is 11.8. The van der Waals surface area contributed by atoms with Gasteiger partial charge >= 0.3 is 0 Å². The van der Waals surface area contributed by atoms with Crippen LogP contribution in [0.5, 0.6) is 0 Å². The van der Waals surface area contributed by atoms with Gasteiger partial charge in [0.25, 0.3) is 0 Å². The zero-order valence-corrected chi connectivity index (χ0v) is 17.9. The van der Waals surface area contributed by atoms with Gasteiger partial charge < -0.3 is 0 Å². The molecule has 0 aliphatic heterocycles. The SMILES string of the molecule is CCCCCCCCCCCC(CCCC)c1ccccc1.N[SH](=O)=O. The predicted molar refractivity (Wildman–Crippen MR) is 115 cm³/mol. The third-order valence-electron chi connectivity index (χ3n) is 4.83. The van der Waals surface area contributed by atoms with Gasteiger partial charge in [0, 0.05) is 0 Å². The zero-order chi connectivity index (χ0) is 19.5. The van der Waals surface area contributed by atoms with Gasteiger partial charge in [-0.2, -0.15) is 0 Å². The van der Waals surface area contributed by atoms with Crippen LogP contribution in [0.3, 0.4) is 0 Å². The van der Waals surface area contributed by atoms with Gasteiger partial charge in [-0.25, -0.2) is 13.6 Å². The lowest BCUT2D eigenvalue weighted by atomic mass is 9.88. The first-order valence-corrected chi connectivity index (χ1v) is 11.8. The molecule has 1 aromatic carbocycles. The lowest BCUT2D eigenvalue weighted by Crippen LogP contribution is -1.99. The molecule has 26 heavy (non-hydrogen) atoms. The average molecular weight is 384 g/mol. The lowest BCUT2D eigenvalue weighted by Gasteiger charge is -2.17. The Morgan fingerprint density at radius 2 is 1.15 bits per heavy atom. The van der Waals surface area contributed by atoms with E-state index in [0.29, 0.717) is 0 Å². The number of nitrogens with two attached hydrogens (primary N) is 1. The first-order valence-electron chi connectivity index (χ1n) is 10.6. The maximum Gasteiger partial charge on any atom is 0.198 e. The van der Waals surface area contributed by atoms with Crippen molar-refractivity contribution in [2.75, 3.05) is 0 Å². The summed E-state index contributed by atoms with van der Waals surface area (Å²) in [5.74, 6) is 0.797. The molecule has 0 radical (unpaired) electrons. The fraction of sp³-hybridized carbons (Fsp3) is 0.727. The topological polar surface area (TPSA) is 60.2 Å². The molecule has 3 nitrogen and oxygen atoms in total. The maximum atomic E-state index is 8.81. The van der Waals surface area contributed by atoms with E-state index >= 15 is 0 Å². The van der Waals surface area contributed by atoms with Crippen LogP contribution in [0, 0.1) is 0 Å². The molecule has 0 fully saturated rings. The highest BCUT2D eigenvalue weighted by molar-refractivity contribution is 7.69. The van der Waals surface area contributed by atoms with E-state index in [0.717, 1.165) is 5.92 Å². The molecule has 0 saturated heterocycles. The van der Waals surface area contributed by atoms with E-state index in [4.69, 9.17) is 8.42 Å². The molecule has 0 saturated carbocycles. The van der Waals surface area contributed by atoms with Gasteiger partial charge in [0.15, 0.2) is 10.9 Å². The number of thiol groups is 1. The van der Waals surface area contributed by atoms with Gasteiger partial charge in [-0.15, -0.1) is 0 Å². The monoisotopic (exact) mass is 383 g/mol. The zero-order valence-electron chi connectivity index (χ0n) is 17.0. The summed E-state index contributed by atoms with van der Waals surface area (Å²) in [6.07, 6.45) is 18.3. The highest BCUT2D eigenvalue weighted by atomic mass is 32.2. The van der Waals surface area contributed by atoms with Crippen molar-refractivity contribution in [3.63, 3.8) is 0 Å². The Hall–Kier alpha value is -0.870. The average Bonchev–Trinajstić information content (AvgIpc) is 2.63. The Balaban J connectivity index is 0.00000141. The molecule has 0 amide bonds. The van der Waals surface area contributed by atoms with Crippen molar-refractivity contribution in [3.8, 4) is 0 Å². The number of unbranched alkanes of at least 4 members (excludes halogenated alkanes) is 9. The van der Waals surface area contributed by atoms with Crippen LogP contribution in [0.15, 0.2) is 30.3 Å². The lowest BCUT2D eigenvalue weighted by molar-refractivity contribution is 0.497. The maximum absolute atomic E-state index is 8.81. The van der Waals surface area contributed by atoms with Crippen LogP contribution >= 0.6 is 0 Å². The summed E-state index contributed by atoms with van der Waals surface area (Å²) in [5.41, 5.74) is 1.57. The molecule has 1 atom stereocenters. The number of rotatable bonds is 14. The molecule has 1 rings (SSSR count). The molecule has 0 bridgehead atoms. The number of benzene rings is 1. The summed E-state index contributed by atoms with van der Waals surface area (Å²) in [7, 11) is -2.62. The minimum absolute atomic E-state index is 0.797. The van der Waals surface area contributed by atoms with E-state index in [9.17, 15) is 0 Å². The Kier molecular flexibility index (Phi) is 18.3. The van der Waals surface area contributed by atoms with E-state index in [1.165, 1.54) is 83.5 Å². The molecule has 0 aromatic heterocycles. The van der Waals surface area contributed by atoms with Crippen LogP contribution in [0.1, 0.15) is 109 Å². The van der Waals surface area contributed by atoms with Gasteiger partial charge in [-0.3, -0.25) is 0 Å².